The summed E-state index contributed by atoms with van der Waals surface area (Å²) in [5.41, 5.74) is 1.04. The Bertz CT molecular complexity index is 397. The number of hydrogen-bond donors (Lipinski definition) is 2. The fraction of sp³-hybridized carbons (Fsp3) is 0.611. The molecular weight excluding hydrogens is 264 g/mol. The van der Waals surface area contributed by atoms with E-state index in [0.717, 1.165) is 24.8 Å². The number of Topliss-reactive ketones (excluding diaryl/α,β-unsaturated/α-hetero) is 1. The summed E-state index contributed by atoms with van der Waals surface area (Å²) < 4.78 is 0. The molecule has 3 heteroatoms. The zero-order valence-electron chi connectivity index (χ0n) is 13.1. The van der Waals surface area contributed by atoms with Gasteiger partial charge in [0, 0.05) is 12.8 Å². The second-order valence-electron chi connectivity index (χ2n) is 5.77. The first-order valence-electron chi connectivity index (χ1n) is 8.09. The molecule has 0 aliphatic heterocycles. The molecule has 1 rings (SSSR count). The molecule has 0 fully saturated rings. The van der Waals surface area contributed by atoms with Gasteiger partial charge in [-0.2, -0.15) is 0 Å². The highest BCUT2D eigenvalue weighted by molar-refractivity contribution is 5.79. The minimum atomic E-state index is -0.487. The number of aryl methyl sites for hydroxylation is 1. The van der Waals surface area contributed by atoms with Crippen molar-refractivity contribution in [2.45, 2.75) is 70.8 Å². The molecule has 118 valence electrons. The van der Waals surface area contributed by atoms with Gasteiger partial charge in [-0.15, -0.1) is 0 Å². The zero-order valence-corrected chi connectivity index (χ0v) is 13.1. The van der Waals surface area contributed by atoms with Crippen LogP contribution in [0, 0.1) is 0 Å². The van der Waals surface area contributed by atoms with Crippen LogP contribution in [-0.2, 0) is 11.2 Å². The lowest BCUT2D eigenvalue weighted by Gasteiger charge is -2.09. The van der Waals surface area contributed by atoms with Crippen LogP contribution >= 0.6 is 0 Å². The molecule has 3 nitrogen and oxygen atoms in total. The van der Waals surface area contributed by atoms with E-state index < -0.39 is 6.10 Å². The van der Waals surface area contributed by atoms with E-state index in [1.54, 1.807) is 12.1 Å². The van der Waals surface area contributed by atoms with Crippen molar-refractivity contribution >= 4 is 5.78 Å². The van der Waals surface area contributed by atoms with E-state index in [1.165, 1.54) is 19.3 Å². The SMILES string of the molecule is CCCCCCCC(O)CC(=O)CCc1ccc(O)cc1. The van der Waals surface area contributed by atoms with Crippen molar-refractivity contribution in [1.82, 2.24) is 0 Å². The Labute approximate surface area is 128 Å². The topological polar surface area (TPSA) is 57.5 Å². The highest BCUT2D eigenvalue weighted by Gasteiger charge is 2.10. The monoisotopic (exact) mass is 292 g/mol. The lowest BCUT2D eigenvalue weighted by atomic mass is 10.0. The van der Waals surface area contributed by atoms with Gasteiger partial charge in [-0.1, -0.05) is 51.2 Å². The van der Waals surface area contributed by atoms with Crippen molar-refractivity contribution in [3.63, 3.8) is 0 Å². The van der Waals surface area contributed by atoms with Gasteiger partial charge >= 0.3 is 0 Å². The van der Waals surface area contributed by atoms with Crippen molar-refractivity contribution in [3.8, 4) is 5.75 Å². The third kappa shape index (κ3) is 8.51. The molecule has 1 atom stereocenters. The van der Waals surface area contributed by atoms with Crippen LogP contribution in [-0.4, -0.2) is 22.1 Å². The Balaban J connectivity index is 2.13. The van der Waals surface area contributed by atoms with Gasteiger partial charge in [-0.05, 0) is 30.5 Å². The van der Waals surface area contributed by atoms with Crippen LogP contribution in [0.15, 0.2) is 24.3 Å². The highest BCUT2D eigenvalue weighted by Crippen LogP contribution is 2.13. The molecule has 0 aliphatic rings. The number of phenolic OH excluding ortho intramolecular Hbond substituents is 1. The van der Waals surface area contributed by atoms with E-state index in [0.29, 0.717) is 12.8 Å². The fourth-order valence-electron chi connectivity index (χ4n) is 2.40. The van der Waals surface area contributed by atoms with E-state index >= 15 is 0 Å². The Hall–Kier alpha value is -1.35. The van der Waals surface area contributed by atoms with E-state index in [-0.39, 0.29) is 18.0 Å². The number of rotatable bonds is 11. The molecule has 1 unspecified atom stereocenters. The summed E-state index contributed by atoms with van der Waals surface area (Å²) >= 11 is 0. The lowest BCUT2D eigenvalue weighted by Crippen LogP contribution is -2.13. The first-order valence-corrected chi connectivity index (χ1v) is 8.09. The predicted octanol–water partition coefficient (Wildman–Crippen LogP) is 4.01. The Morgan fingerprint density at radius 3 is 2.43 bits per heavy atom. The average Bonchev–Trinajstić information content (AvgIpc) is 2.46. The number of ketones is 1. The van der Waals surface area contributed by atoms with Crippen molar-refractivity contribution in [3.05, 3.63) is 29.8 Å². The lowest BCUT2D eigenvalue weighted by molar-refractivity contribution is -0.121. The third-order valence-corrected chi connectivity index (χ3v) is 3.73. The maximum Gasteiger partial charge on any atom is 0.135 e. The molecule has 0 spiro atoms. The van der Waals surface area contributed by atoms with Crippen molar-refractivity contribution in [2.75, 3.05) is 0 Å². The van der Waals surface area contributed by atoms with Gasteiger partial charge in [0.05, 0.1) is 6.10 Å². The number of carbonyl (C=O) groups excluding carboxylic acids is 1. The van der Waals surface area contributed by atoms with Gasteiger partial charge in [0.1, 0.15) is 11.5 Å². The third-order valence-electron chi connectivity index (χ3n) is 3.73. The summed E-state index contributed by atoms with van der Waals surface area (Å²) in [5, 5.41) is 19.0. The van der Waals surface area contributed by atoms with Crippen LogP contribution in [0.3, 0.4) is 0 Å². The zero-order chi connectivity index (χ0) is 15.5. The van der Waals surface area contributed by atoms with E-state index in [9.17, 15) is 15.0 Å². The molecule has 1 aromatic rings. The highest BCUT2D eigenvalue weighted by atomic mass is 16.3. The van der Waals surface area contributed by atoms with Crippen molar-refractivity contribution in [2.24, 2.45) is 0 Å². The summed E-state index contributed by atoms with van der Waals surface area (Å²) in [6, 6.07) is 6.91. The Kier molecular flexibility index (Phi) is 8.76. The molecule has 0 saturated heterocycles. The summed E-state index contributed by atoms with van der Waals surface area (Å²) in [5.74, 6) is 0.354. The molecule has 0 bridgehead atoms. The van der Waals surface area contributed by atoms with E-state index in [1.807, 2.05) is 12.1 Å². The minimum Gasteiger partial charge on any atom is -0.508 e. The predicted molar refractivity (Wildman–Crippen MR) is 85.4 cm³/mol. The van der Waals surface area contributed by atoms with Gasteiger partial charge in [0.2, 0.25) is 0 Å². The fourth-order valence-corrected chi connectivity index (χ4v) is 2.40. The summed E-state index contributed by atoms with van der Waals surface area (Å²) in [4.78, 5) is 11.8. The Morgan fingerprint density at radius 1 is 1.10 bits per heavy atom. The van der Waals surface area contributed by atoms with E-state index in [2.05, 4.69) is 6.92 Å². The van der Waals surface area contributed by atoms with Crippen molar-refractivity contribution < 1.29 is 15.0 Å². The molecule has 2 N–H and O–H groups in total. The van der Waals surface area contributed by atoms with Crippen LogP contribution in [0.25, 0.3) is 0 Å². The first-order chi connectivity index (χ1) is 10.1. The number of hydrogen-bond acceptors (Lipinski definition) is 3. The van der Waals surface area contributed by atoms with Gasteiger partial charge in [-0.25, -0.2) is 0 Å². The number of aliphatic hydroxyl groups excluding tert-OH is 1. The number of unbranched alkanes of at least 4 members (excludes halogenated alkanes) is 4. The molecule has 0 radical (unpaired) electrons. The summed E-state index contributed by atoms with van der Waals surface area (Å²) in [7, 11) is 0. The second kappa shape index (κ2) is 10.4. The number of aliphatic hydroxyl groups is 1. The quantitative estimate of drug-likeness (QED) is 0.606. The molecule has 0 amide bonds. The van der Waals surface area contributed by atoms with Crippen LogP contribution in [0.1, 0.15) is 63.9 Å². The maximum absolute atomic E-state index is 11.8. The second-order valence-corrected chi connectivity index (χ2v) is 5.77. The average molecular weight is 292 g/mol. The van der Waals surface area contributed by atoms with Crippen molar-refractivity contribution in [1.29, 1.82) is 0 Å². The smallest absolute Gasteiger partial charge is 0.135 e. The van der Waals surface area contributed by atoms with Crippen LogP contribution in [0.5, 0.6) is 5.75 Å². The van der Waals surface area contributed by atoms with Gasteiger partial charge in [0.25, 0.3) is 0 Å². The number of phenols is 1. The van der Waals surface area contributed by atoms with Gasteiger partial charge in [-0.3, -0.25) is 4.79 Å². The standard InChI is InChI=1S/C18H28O3/c1-2-3-4-5-6-7-17(20)14-18(21)13-10-15-8-11-16(19)12-9-15/h8-9,11-12,17,19-20H,2-7,10,13-14H2,1H3. The molecule has 0 aliphatic carbocycles. The minimum absolute atomic E-state index is 0.115. The maximum atomic E-state index is 11.8. The molecule has 21 heavy (non-hydrogen) atoms. The van der Waals surface area contributed by atoms with E-state index in [4.69, 9.17) is 0 Å². The number of carbonyl (C=O) groups is 1. The number of aromatic hydroxyl groups is 1. The first kappa shape index (κ1) is 17.7. The summed E-state index contributed by atoms with van der Waals surface area (Å²) in [6.07, 6.45) is 7.48. The van der Waals surface area contributed by atoms with Crippen LogP contribution in [0.2, 0.25) is 0 Å². The normalized spacial score (nSPS) is 12.3. The summed E-state index contributed by atoms with van der Waals surface area (Å²) in [6.45, 7) is 2.18. The van der Waals surface area contributed by atoms with Crippen LogP contribution < -0.4 is 0 Å². The molecule has 0 saturated carbocycles. The molecule has 0 aromatic heterocycles. The Morgan fingerprint density at radius 2 is 1.76 bits per heavy atom. The molecular formula is C18H28O3. The largest absolute Gasteiger partial charge is 0.508 e. The van der Waals surface area contributed by atoms with Gasteiger partial charge in [0.15, 0.2) is 0 Å². The number of benzene rings is 1. The van der Waals surface area contributed by atoms with Gasteiger partial charge < -0.3 is 10.2 Å². The molecule has 0 heterocycles. The molecule has 1 aromatic carbocycles. The van der Waals surface area contributed by atoms with Crippen LogP contribution in [0.4, 0.5) is 0 Å².